The summed E-state index contributed by atoms with van der Waals surface area (Å²) in [6, 6.07) is 2.33. The van der Waals surface area contributed by atoms with Crippen LogP contribution < -0.4 is 0 Å². The summed E-state index contributed by atoms with van der Waals surface area (Å²) in [6.45, 7) is 0. The number of hydrogen-bond donors (Lipinski definition) is 0. The highest BCUT2D eigenvalue weighted by Crippen LogP contribution is 2.32. The fraction of sp³-hybridized carbons (Fsp3) is 0.182. The Balaban J connectivity index is 3.25. The summed E-state index contributed by atoms with van der Waals surface area (Å²) < 4.78 is 67.5. The molecule has 0 amide bonds. The fourth-order valence-corrected chi connectivity index (χ4v) is 1.17. The average Bonchev–Trinajstić information content (AvgIpc) is 2.29. The van der Waals surface area contributed by atoms with Crippen LogP contribution in [0.1, 0.15) is 11.1 Å². The standard InChI is InChI=1S/C11H7F5O2/c1-18-10(17)8(12)5-6-3-2-4-7(9(6)13)11(14,15)16/h2-5H,1H3. The second-order valence-electron chi connectivity index (χ2n) is 3.19. The highest BCUT2D eigenvalue weighted by atomic mass is 19.4. The van der Waals surface area contributed by atoms with Gasteiger partial charge in [0.1, 0.15) is 5.82 Å². The summed E-state index contributed by atoms with van der Waals surface area (Å²) in [5.41, 5.74) is -2.22. The molecule has 18 heavy (non-hydrogen) atoms. The maximum atomic E-state index is 13.4. The molecule has 1 rings (SSSR count). The average molecular weight is 266 g/mol. The molecule has 1 aromatic rings. The van der Waals surface area contributed by atoms with E-state index in [9.17, 15) is 26.7 Å². The normalized spacial score (nSPS) is 12.4. The number of esters is 1. The van der Waals surface area contributed by atoms with Gasteiger partial charge in [-0.15, -0.1) is 0 Å². The number of carbonyl (C=O) groups is 1. The maximum Gasteiger partial charge on any atom is 0.419 e. The first-order valence-electron chi connectivity index (χ1n) is 4.58. The molecule has 0 fully saturated rings. The van der Waals surface area contributed by atoms with E-state index in [4.69, 9.17) is 0 Å². The number of methoxy groups -OCH3 is 1. The van der Waals surface area contributed by atoms with Crippen molar-refractivity contribution in [1.82, 2.24) is 0 Å². The van der Waals surface area contributed by atoms with Crippen molar-refractivity contribution < 1.29 is 31.5 Å². The Hall–Kier alpha value is -1.92. The Bertz CT molecular complexity index is 491. The third kappa shape index (κ3) is 3.06. The first kappa shape index (κ1) is 14.1. The zero-order valence-electron chi connectivity index (χ0n) is 9.02. The third-order valence-corrected chi connectivity index (χ3v) is 2.00. The second kappa shape index (κ2) is 5.16. The lowest BCUT2D eigenvalue weighted by Gasteiger charge is -2.09. The van der Waals surface area contributed by atoms with Crippen LogP contribution in [0.5, 0.6) is 0 Å². The summed E-state index contributed by atoms with van der Waals surface area (Å²) in [4.78, 5) is 10.7. The number of halogens is 5. The topological polar surface area (TPSA) is 26.3 Å². The van der Waals surface area contributed by atoms with Crippen LogP contribution in [0.15, 0.2) is 24.0 Å². The van der Waals surface area contributed by atoms with E-state index in [-0.39, 0.29) is 0 Å². The van der Waals surface area contributed by atoms with Crippen molar-refractivity contribution in [2.75, 3.05) is 7.11 Å². The Morgan fingerprint density at radius 2 is 1.94 bits per heavy atom. The van der Waals surface area contributed by atoms with E-state index < -0.39 is 34.9 Å². The quantitative estimate of drug-likeness (QED) is 0.466. The van der Waals surface area contributed by atoms with Gasteiger partial charge in [0.2, 0.25) is 5.83 Å². The van der Waals surface area contributed by atoms with Gasteiger partial charge in [0.25, 0.3) is 0 Å². The molecule has 0 aliphatic rings. The Kier molecular flexibility index (Phi) is 4.05. The predicted octanol–water partition coefficient (Wildman–Crippen LogP) is 3.33. The molecule has 7 heteroatoms. The van der Waals surface area contributed by atoms with E-state index >= 15 is 0 Å². The van der Waals surface area contributed by atoms with Crippen LogP contribution in [0.3, 0.4) is 0 Å². The predicted molar refractivity (Wildman–Crippen MR) is 52.5 cm³/mol. The Labute approximate surface area is 98.7 Å². The minimum Gasteiger partial charge on any atom is -0.464 e. The van der Waals surface area contributed by atoms with E-state index in [1.54, 1.807) is 0 Å². The molecular formula is C11H7F5O2. The van der Waals surface area contributed by atoms with Crippen molar-refractivity contribution in [2.45, 2.75) is 6.18 Å². The van der Waals surface area contributed by atoms with Gasteiger partial charge in [-0.2, -0.15) is 17.6 Å². The number of ether oxygens (including phenoxy) is 1. The van der Waals surface area contributed by atoms with Gasteiger partial charge in [-0.25, -0.2) is 9.18 Å². The minimum atomic E-state index is -4.89. The minimum absolute atomic E-state index is 0.344. The van der Waals surface area contributed by atoms with E-state index in [2.05, 4.69) is 4.74 Å². The molecule has 0 N–H and O–H groups in total. The summed E-state index contributed by atoms with van der Waals surface area (Å²) in [6.07, 6.45) is -4.55. The number of rotatable bonds is 2. The summed E-state index contributed by atoms with van der Waals surface area (Å²) in [7, 11) is 0.887. The van der Waals surface area contributed by atoms with Crippen LogP contribution in [-0.4, -0.2) is 13.1 Å². The number of benzene rings is 1. The van der Waals surface area contributed by atoms with Crippen LogP contribution >= 0.6 is 0 Å². The van der Waals surface area contributed by atoms with Crippen LogP contribution in [0.25, 0.3) is 6.08 Å². The summed E-state index contributed by atoms with van der Waals surface area (Å²) in [5, 5.41) is 0. The largest absolute Gasteiger partial charge is 0.464 e. The number of hydrogen-bond acceptors (Lipinski definition) is 2. The number of alkyl halides is 3. The molecule has 0 unspecified atom stereocenters. The first-order chi connectivity index (χ1) is 8.27. The fourth-order valence-electron chi connectivity index (χ4n) is 1.17. The molecule has 0 saturated carbocycles. The molecule has 98 valence electrons. The lowest BCUT2D eigenvalue weighted by molar-refractivity contribution is -0.140. The molecule has 0 aliphatic carbocycles. The van der Waals surface area contributed by atoms with Crippen molar-refractivity contribution in [3.05, 3.63) is 41.0 Å². The lowest BCUT2D eigenvalue weighted by Crippen LogP contribution is -2.09. The second-order valence-corrected chi connectivity index (χ2v) is 3.19. The summed E-state index contributed by atoms with van der Waals surface area (Å²) >= 11 is 0. The van der Waals surface area contributed by atoms with Crippen molar-refractivity contribution >= 4 is 12.0 Å². The molecule has 0 atom stereocenters. The molecular weight excluding hydrogens is 259 g/mol. The molecule has 0 radical (unpaired) electrons. The lowest BCUT2D eigenvalue weighted by atomic mass is 10.1. The highest BCUT2D eigenvalue weighted by Gasteiger charge is 2.34. The van der Waals surface area contributed by atoms with E-state index in [0.29, 0.717) is 12.1 Å². The smallest absolute Gasteiger partial charge is 0.419 e. The van der Waals surface area contributed by atoms with Crippen molar-refractivity contribution in [1.29, 1.82) is 0 Å². The van der Waals surface area contributed by atoms with E-state index in [1.165, 1.54) is 0 Å². The molecule has 0 aromatic heterocycles. The SMILES string of the molecule is COC(=O)C(F)=Cc1cccc(C(F)(F)F)c1F. The molecule has 0 spiro atoms. The summed E-state index contributed by atoms with van der Waals surface area (Å²) in [5.74, 6) is -4.54. The van der Waals surface area contributed by atoms with Gasteiger partial charge in [-0.05, 0) is 12.1 Å². The van der Waals surface area contributed by atoms with Gasteiger partial charge in [0.15, 0.2) is 0 Å². The Morgan fingerprint density at radius 1 is 1.33 bits per heavy atom. The van der Waals surface area contributed by atoms with Gasteiger partial charge in [0.05, 0.1) is 12.7 Å². The Morgan fingerprint density at radius 3 is 2.44 bits per heavy atom. The van der Waals surface area contributed by atoms with Gasteiger partial charge < -0.3 is 4.74 Å². The molecule has 1 aromatic carbocycles. The van der Waals surface area contributed by atoms with Gasteiger partial charge in [-0.1, -0.05) is 12.1 Å². The van der Waals surface area contributed by atoms with Crippen molar-refractivity contribution in [3.8, 4) is 0 Å². The van der Waals surface area contributed by atoms with Crippen LogP contribution in [0, 0.1) is 5.82 Å². The van der Waals surface area contributed by atoms with Crippen LogP contribution in [0.4, 0.5) is 22.0 Å². The van der Waals surface area contributed by atoms with Crippen molar-refractivity contribution in [2.24, 2.45) is 0 Å². The molecule has 2 nitrogen and oxygen atoms in total. The third-order valence-electron chi connectivity index (χ3n) is 2.00. The maximum absolute atomic E-state index is 13.4. The van der Waals surface area contributed by atoms with E-state index in [0.717, 1.165) is 19.2 Å². The molecule has 0 saturated heterocycles. The molecule has 0 bridgehead atoms. The molecule has 0 heterocycles. The monoisotopic (exact) mass is 266 g/mol. The van der Waals surface area contributed by atoms with Crippen molar-refractivity contribution in [3.63, 3.8) is 0 Å². The van der Waals surface area contributed by atoms with Gasteiger partial charge >= 0.3 is 12.1 Å². The van der Waals surface area contributed by atoms with Gasteiger partial charge in [-0.3, -0.25) is 0 Å². The zero-order chi connectivity index (χ0) is 13.9. The number of carbonyl (C=O) groups excluding carboxylic acids is 1. The highest BCUT2D eigenvalue weighted by molar-refractivity contribution is 5.91. The van der Waals surface area contributed by atoms with E-state index in [1.807, 2.05) is 0 Å². The molecule has 0 aliphatic heterocycles. The van der Waals surface area contributed by atoms with Crippen LogP contribution in [-0.2, 0) is 15.7 Å². The van der Waals surface area contributed by atoms with Crippen LogP contribution in [0.2, 0.25) is 0 Å². The first-order valence-corrected chi connectivity index (χ1v) is 4.58. The van der Waals surface area contributed by atoms with Gasteiger partial charge in [0, 0.05) is 5.56 Å². The zero-order valence-corrected chi connectivity index (χ0v) is 9.02.